The number of hydrogen-bond acceptors (Lipinski definition) is 2. The Hall–Kier alpha value is -18.0. The first-order valence-corrected chi connectivity index (χ1v) is 49.7. The lowest BCUT2D eigenvalue weighted by molar-refractivity contribution is 0.590. The van der Waals surface area contributed by atoms with Gasteiger partial charge < -0.3 is 18.9 Å². The van der Waals surface area contributed by atoms with E-state index in [0.717, 1.165) is 45.5 Å². The zero-order valence-electron chi connectivity index (χ0n) is 80.8. The number of anilines is 6. The zero-order chi connectivity index (χ0) is 95.9. The normalized spacial score (nSPS) is 11.7. The molecule has 0 saturated carbocycles. The predicted molar refractivity (Wildman–Crippen MR) is 612 cm³/mol. The molecule has 0 aliphatic rings. The molecule has 0 bridgehead atoms. The van der Waals surface area contributed by atoms with Gasteiger partial charge in [-0.2, -0.15) is 0 Å². The van der Waals surface area contributed by atoms with Crippen molar-refractivity contribution in [2.24, 2.45) is 0 Å². The van der Waals surface area contributed by atoms with E-state index in [1.54, 1.807) is 0 Å². The highest BCUT2D eigenvalue weighted by Crippen LogP contribution is 2.51. The van der Waals surface area contributed by atoms with E-state index in [0.29, 0.717) is 0 Å². The molecule has 0 aliphatic carbocycles. The molecule has 4 nitrogen and oxygen atoms in total. The number of benzene rings is 24. The Bertz CT molecular complexity index is 9250. The highest BCUT2D eigenvalue weighted by Gasteiger charge is 2.27. The summed E-state index contributed by atoms with van der Waals surface area (Å²) < 4.78 is 4.83. The van der Waals surface area contributed by atoms with Crippen molar-refractivity contribution in [2.45, 2.75) is 47.0 Å². The molecule has 2 aromatic heterocycles. The average Bonchev–Trinajstić information content (AvgIpc) is 1.71. The van der Waals surface area contributed by atoms with Gasteiger partial charge in [0.2, 0.25) is 0 Å². The summed E-state index contributed by atoms with van der Waals surface area (Å²) >= 11 is 0. The molecule has 0 aliphatic heterocycles. The molecule has 143 heavy (non-hydrogen) atoms. The van der Waals surface area contributed by atoms with E-state index in [1.807, 2.05) is 0 Å². The maximum atomic E-state index is 2.43. The smallest absolute Gasteiger partial charge is 0.0542 e. The first-order chi connectivity index (χ1) is 70.3. The minimum absolute atomic E-state index is 0.0847. The van der Waals surface area contributed by atoms with Gasteiger partial charge in [0, 0.05) is 67.0 Å². The number of rotatable bonds is 16. The molecule has 0 saturated heterocycles. The number of hydrogen-bond donors (Lipinski definition) is 0. The summed E-state index contributed by atoms with van der Waals surface area (Å²) in [5.41, 5.74) is 38.4. The Balaban J connectivity index is 0.000000150. The molecular weight excluding hydrogens is 1730 g/mol. The summed E-state index contributed by atoms with van der Waals surface area (Å²) in [5.74, 6) is 0. The van der Waals surface area contributed by atoms with Crippen LogP contribution in [-0.4, -0.2) is 9.13 Å². The Morgan fingerprint density at radius 2 is 0.434 bits per heavy atom. The van der Waals surface area contributed by atoms with Crippen LogP contribution in [0.25, 0.3) is 209 Å². The first-order valence-electron chi connectivity index (χ1n) is 49.7. The number of nitrogens with zero attached hydrogens (tertiary/aromatic N) is 4. The number of para-hydroxylation sites is 2. The van der Waals surface area contributed by atoms with Gasteiger partial charge in [-0.15, -0.1) is 0 Å². The molecule has 26 aromatic rings. The molecule has 0 N–H and O–H groups in total. The summed E-state index contributed by atoms with van der Waals surface area (Å²) in [7, 11) is 0. The van der Waals surface area contributed by atoms with Gasteiger partial charge in [0.25, 0.3) is 0 Å². The van der Waals surface area contributed by atoms with Gasteiger partial charge in [-0.25, -0.2) is 0 Å². The fourth-order valence-corrected chi connectivity index (χ4v) is 22.8. The molecule has 678 valence electrons. The quantitative estimate of drug-likeness (QED) is 0.0897. The Morgan fingerprint density at radius 3 is 0.783 bits per heavy atom. The van der Waals surface area contributed by atoms with Crippen molar-refractivity contribution in [3.63, 3.8) is 0 Å². The SMILES string of the molecule is CC(C)(C)c1ccc(-c2ccc3c(c2)c2cc(N(c4ccc(-c5cccc6ccccc56)cc4)c4ccc(-c5c6ccccc6c(-c6ccccc6)c6ccccc56)cc4)ccc2n3-c2ccccc2)cc1.Cc1cc(C)c(-c2ccc3c(c2)c2cc(N(c4ccc(-c5cccc6ccccc56)cc4)c4ccc(-c5c6ccccc6c(-c6ccccc6)c6ccccc56)cc4)ccc2n3-c2ccccc2)c(C)c1. The largest absolute Gasteiger partial charge is 0.310 e. The van der Waals surface area contributed by atoms with E-state index in [9.17, 15) is 0 Å². The van der Waals surface area contributed by atoms with Crippen LogP contribution in [0.4, 0.5) is 34.1 Å². The summed E-state index contributed by atoms with van der Waals surface area (Å²) in [6, 6.07) is 188. The van der Waals surface area contributed by atoms with Crippen molar-refractivity contribution < 1.29 is 0 Å². The highest BCUT2D eigenvalue weighted by molar-refractivity contribution is 6.24. The van der Waals surface area contributed by atoms with Crippen LogP contribution in [0.5, 0.6) is 0 Å². The maximum Gasteiger partial charge on any atom is 0.0542 e. The Labute approximate surface area is 834 Å². The minimum Gasteiger partial charge on any atom is -0.310 e. The molecule has 0 spiro atoms. The van der Waals surface area contributed by atoms with Crippen LogP contribution < -0.4 is 9.80 Å². The lowest BCUT2D eigenvalue weighted by atomic mass is 9.86. The standard InChI is InChI=1S/C70H52N2.C69H50N2/c1-70(2,3)53-36-29-47(30-37-53)52-35-43-66-64(45-52)65-46-57(42-44-67(65)72(66)54-21-8-5-9-22-54)71(55-38-31-49(32-39-55)59-28-16-20-48-17-10-11-23-58(48)59)56-40-33-51(34-41-56)69-62-26-14-12-24-60(62)68(50-18-6-4-7-19-50)61-25-13-15-27-63(61)69;1-45-41-46(2)67(47(3)42-45)52-33-39-65-63(43-52)64-44-56(38-40-66(64)71(65)53-21-8-5-9-22-53)70(54-34-29-49(30-35-54)58-28-16-20-48-17-10-11-23-57(48)58)55-36-31-51(32-37-55)69-61-26-14-12-24-59(61)68(50-18-6-4-7-19-50)60-25-13-15-27-62(60)69/h4-46H,1-3H3;4-44H,1-3H3. The molecular formula is C139H102N4. The topological polar surface area (TPSA) is 16.3 Å². The van der Waals surface area contributed by atoms with Crippen molar-refractivity contribution in [1.29, 1.82) is 0 Å². The van der Waals surface area contributed by atoms with Crippen LogP contribution in [0.3, 0.4) is 0 Å². The fourth-order valence-electron chi connectivity index (χ4n) is 22.8. The van der Waals surface area contributed by atoms with Crippen LogP contribution in [0.15, 0.2) is 510 Å². The maximum absolute atomic E-state index is 2.43. The van der Waals surface area contributed by atoms with Gasteiger partial charge in [-0.05, 0) is 330 Å². The molecule has 24 aromatic carbocycles. The van der Waals surface area contributed by atoms with Crippen molar-refractivity contribution in [3.8, 4) is 100 Å². The molecule has 2 heterocycles. The Kier molecular flexibility index (Phi) is 21.9. The molecule has 0 unspecified atom stereocenters. The second-order valence-electron chi connectivity index (χ2n) is 39.1. The third kappa shape index (κ3) is 15.6. The van der Waals surface area contributed by atoms with Gasteiger partial charge in [0.1, 0.15) is 0 Å². The van der Waals surface area contributed by atoms with Gasteiger partial charge in [0.15, 0.2) is 0 Å². The zero-order valence-corrected chi connectivity index (χ0v) is 80.8. The van der Waals surface area contributed by atoms with Crippen molar-refractivity contribution >= 4 is 142 Å². The number of aromatic nitrogens is 2. The van der Waals surface area contributed by atoms with E-state index in [2.05, 4.69) is 570 Å². The van der Waals surface area contributed by atoms with Crippen LogP contribution in [0, 0.1) is 20.8 Å². The van der Waals surface area contributed by atoms with E-state index in [1.165, 1.54) is 220 Å². The summed E-state index contributed by atoms with van der Waals surface area (Å²) in [4.78, 5) is 4.85. The second kappa shape index (κ2) is 36.1. The lowest BCUT2D eigenvalue weighted by Gasteiger charge is -2.26. The van der Waals surface area contributed by atoms with Gasteiger partial charge >= 0.3 is 0 Å². The van der Waals surface area contributed by atoms with Gasteiger partial charge in [0.05, 0.1) is 22.1 Å². The second-order valence-corrected chi connectivity index (χ2v) is 39.1. The summed E-state index contributed by atoms with van der Waals surface area (Å²) in [5, 5.41) is 19.8. The molecule has 0 atom stereocenters. The fraction of sp³-hybridized carbons (Fsp3) is 0.0504. The third-order valence-corrected chi connectivity index (χ3v) is 29.4. The van der Waals surface area contributed by atoms with E-state index in [-0.39, 0.29) is 5.41 Å². The molecule has 26 rings (SSSR count). The Morgan fingerprint density at radius 1 is 0.175 bits per heavy atom. The van der Waals surface area contributed by atoms with Crippen LogP contribution >= 0.6 is 0 Å². The first kappa shape index (κ1) is 86.6. The van der Waals surface area contributed by atoms with Crippen molar-refractivity contribution in [3.05, 3.63) is 532 Å². The molecule has 0 fully saturated rings. The molecule has 0 radical (unpaired) electrons. The molecule has 0 amide bonds. The van der Waals surface area contributed by atoms with Crippen LogP contribution in [0.2, 0.25) is 0 Å². The average molecular weight is 1830 g/mol. The third-order valence-electron chi connectivity index (χ3n) is 29.4. The monoisotopic (exact) mass is 1830 g/mol. The predicted octanol–water partition coefficient (Wildman–Crippen LogP) is 39.0. The van der Waals surface area contributed by atoms with Crippen molar-refractivity contribution in [2.75, 3.05) is 9.80 Å². The van der Waals surface area contributed by atoms with Crippen molar-refractivity contribution in [1.82, 2.24) is 9.13 Å². The van der Waals surface area contributed by atoms with Crippen LogP contribution in [0.1, 0.15) is 43.0 Å². The number of fused-ring (bicyclic) bond motifs is 12. The van der Waals surface area contributed by atoms with Gasteiger partial charge in [-0.3, -0.25) is 0 Å². The number of aryl methyl sites for hydroxylation is 3. The van der Waals surface area contributed by atoms with Gasteiger partial charge in [-0.1, -0.05) is 402 Å². The highest BCUT2D eigenvalue weighted by atomic mass is 15.2. The summed E-state index contributed by atoms with van der Waals surface area (Å²) in [6.45, 7) is 13.5. The van der Waals surface area contributed by atoms with Crippen LogP contribution in [-0.2, 0) is 5.41 Å². The minimum atomic E-state index is 0.0847. The van der Waals surface area contributed by atoms with E-state index in [4.69, 9.17) is 0 Å². The molecule has 4 heteroatoms. The lowest BCUT2D eigenvalue weighted by Crippen LogP contribution is -2.10. The summed E-state index contributed by atoms with van der Waals surface area (Å²) in [6.07, 6.45) is 0. The van der Waals surface area contributed by atoms with E-state index >= 15 is 0 Å². The van der Waals surface area contributed by atoms with E-state index < -0.39 is 0 Å².